The van der Waals surface area contributed by atoms with E-state index in [4.69, 9.17) is 4.74 Å². The molecular weight excluding hydrogens is 232 g/mol. The number of carbonyl (C=O) groups excluding carboxylic acids is 1. The first kappa shape index (κ1) is 13.0. The summed E-state index contributed by atoms with van der Waals surface area (Å²) >= 11 is 0. The van der Waals surface area contributed by atoms with E-state index >= 15 is 0 Å². The van der Waals surface area contributed by atoms with Crippen molar-refractivity contribution in [2.24, 2.45) is 0 Å². The zero-order valence-corrected chi connectivity index (χ0v) is 10.7. The van der Waals surface area contributed by atoms with Gasteiger partial charge < -0.3 is 10.1 Å². The summed E-state index contributed by atoms with van der Waals surface area (Å²) in [6, 6.07) is 0.427. The first-order valence-corrected chi connectivity index (χ1v) is 6.31. The molecule has 6 nitrogen and oxygen atoms in total. The number of aromatic nitrogens is 2. The highest BCUT2D eigenvalue weighted by Gasteiger charge is 2.24. The lowest BCUT2D eigenvalue weighted by Crippen LogP contribution is -2.41. The van der Waals surface area contributed by atoms with Crippen LogP contribution >= 0.6 is 0 Å². The Morgan fingerprint density at radius 2 is 2.61 bits per heavy atom. The minimum atomic E-state index is -0.0673. The van der Waals surface area contributed by atoms with Crippen LogP contribution in [0.5, 0.6) is 0 Å². The molecule has 1 aromatic rings. The third-order valence-electron chi connectivity index (χ3n) is 3.34. The standard InChI is InChI=1S/C12H20N4O2/c1-18-6-5-16-4-2-3-11(16)9-13-12(17)10-7-14-15-8-10/h7-8,11H,2-6,9H2,1H3,(H,13,17)(H,14,15). The average molecular weight is 252 g/mol. The lowest BCUT2D eigenvalue weighted by Gasteiger charge is -2.24. The maximum Gasteiger partial charge on any atom is 0.254 e. The van der Waals surface area contributed by atoms with E-state index in [-0.39, 0.29) is 5.91 Å². The van der Waals surface area contributed by atoms with Crippen LogP contribution in [0.25, 0.3) is 0 Å². The topological polar surface area (TPSA) is 70.2 Å². The molecule has 1 atom stereocenters. The van der Waals surface area contributed by atoms with Gasteiger partial charge >= 0.3 is 0 Å². The molecule has 0 aliphatic carbocycles. The van der Waals surface area contributed by atoms with Crippen molar-refractivity contribution in [1.82, 2.24) is 20.4 Å². The van der Waals surface area contributed by atoms with Crippen LogP contribution < -0.4 is 5.32 Å². The van der Waals surface area contributed by atoms with Gasteiger partial charge in [0.15, 0.2) is 0 Å². The molecule has 1 aliphatic heterocycles. The van der Waals surface area contributed by atoms with Gasteiger partial charge in [-0.2, -0.15) is 5.10 Å². The Labute approximate surface area is 107 Å². The van der Waals surface area contributed by atoms with Crippen molar-refractivity contribution in [3.63, 3.8) is 0 Å². The number of amides is 1. The average Bonchev–Trinajstić information content (AvgIpc) is 3.04. The van der Waals surface area contributed by atoms with Crippen molar-refractivity contribution < 1.29 is 9.53 Å². The molecule has 18 heavy (non-hydrogen) atoms. The minimum absolute atomic E-state index is 0.0673. The number of rotatable bonds is 6. The van der Waals surface area contributed by atoms with Crippen molar-refractivity contribution in [1.29, 1.82) is 0 Å². The highest BCUT2D eigenvalue weighted by molar-refractivity contribution is 5.93. The van der Waals surface area contributed by atoms with Crippen molar-refractivity contribution in [3.05, 3.63) is 18.0 Å². The second kappa shape index (κ2) is 6.51. The van der Waals surface area contributed by atoms with Crippen molar-refractivity contribution in [2.75, 3.05) is 33.4 Å². The summed E-state index contributed by atoms with van der Waals surface area (Å²) in [5.41, 5.74) is 0.580. The summed E-state index contributed by atoms with van der Waals surface area (Å²) in [5.74, 6) is -0.0673. The van der Waals surface area contributed by atoms with Crippen molar-refractivity contribution >= 4 is 5.91 Å². The van der Waals surface area contributed by atoms with Crippen LogP contribution in [-0.2, 0) is 4.74 Å². The number of H-pyrrole nitrogens is 1. The Balaban J connectivity index is 1.77. The van der Waals surface area contributed by atoms with Crippen LogP contribution in [0.1, 0.15) is 23.2 Å². The molecule has 0 radical (unpaired) electrons. The highest BCUT2D eigenvalue weighted by Crippen LogP contribution is 2.15. The van der Waals surface area contributed by atoms with E-state index in [1.807, 2.05) is 0 Å². The van der Waals surface area contributed by atoms with E-state index < -0.39 is 0 Å². The Morgan fingerprint density at radius 1 is 1.72 bits per heavy atom. The molecule has 6 heteroatoms. The van der Waals surface area contributed by atoms with E-state index in [1.54, 1.807) is 13.3 Å². The van der Waals surface area contributed by atoms with Gasteiger partial charge in [-0.3, -0.25) is 14.8 Å². The molecule has 0 spiro atoms. The van der Waals surface area contributed by atoms with Gasteiger partial charge in [0.25, 0.3) is 5.91 Å². The van der Waals surface area contributed by atoms with Gasteiger partial charge in [0.05, 0.1) is 18.4 Å². The number of ether oxygens (including phenoxy) is 1. The fraction of sp³-hybridized carbons (Fsp3) is 0.667. The number of nitrogens with one attached hydrogen (secondary N) is 2. The Morgan fingerprint density at radius 3 is 3.33 bits per heavy atom. The largest absolute Gasteiger partial charge is 0.383 e. The van der Waals surface area contributed by atoms with Gasteiger partial charge in [0.1, 0.15) is 0 Å². The molecule has 1 amide bonds. The molecule has 2 N–H and O–H groups in total. The van der Waals surface area contributed by atoms with Gasteiger partial charge in [-0.05, 0) is 19.4 Å². The first-order valence-electron chi connectivity index (χ1n) is 6.31. The Kier molecular flexibility index (Phi) is 4.72. The summed E-state index contributed by atoms with van der Waals surface area (Å²) in [5, 5.41) is 9.36. The lowest BCUT2D eigenvalue weighted by atomic mass is 10.2. The molecule has 1 aromatic heterocycles. The summed E-state index contributed by atoms with van der Waals surface area (Å²) in [6.45, 7) is 3.46. The van der Waals surface area contributed by atoms with E-state index in [0.717, 1.165) is 26.1 Å². The van der Waals surface area contributed by atoms with Crippen LogP contribution in [0.2, 0.25) is 0 Å². The number of carbonyl (C=O) groups is 1. The fourth-order valence-electron chi connectivity index (χ4n) is 2.32. The fourth-order valence-corrected chi connectivity index (χ4v) is 2.32. The summed E-state index contributed by atoms with van der Waals surface area (Å²) < 4.78 is 5.10. The molecule has 0 bridgehead atoms. The van der Waals surface area contributed by atoms with E-state index in [0.29, 0.717) is 18.2 Å². The molecule has 2 heterocycles. The van der Waals surface area contributed by atoms with Gasteiger partial charge in [0.2, 0.25) is 0 Å². The molecule has 1 unspecified atom stereocenters. The monoisotopic (exact) mass is 252 g/mol. The number of hydrogen-bond acceptors (Lipinski definition) is 4. The smallest absolute Gasteiger partial charge is 0.254 e. The summed E-state index contributed by atoms with van der Waals surface area (Å²) in [4.78, 5) is 14.1. The lowest BCUT2D eigenvalue weighted by molar-refractivity contribution is 0.0933. The maximum atomic E-state index is 11.8. The Hall–Kier alpha value is -1.40. The van der Waals surface area contributed by atoms with Gasteiger partial charge in [-0.1, -0.05) is 0 Å². The molecule has 1 aliphatic rings. The molecule has 0 saturated carbocycles. The van der Waals surface area contributed by atoms with Gasteiger partial charge in [-0.25, -0.2) is 0 Å². The third kappa shape index (κ3) is 3.30. The number of likely N-dealkylation sites (tertiary alicyclic amines) is 1. The zero-order valence-electron chi connectivity index (χ0n) is 10.7. The SMILES string of the molecule is COCCN1CCCC1CNC(=O)c1cn[nH]c1. The number of aromatic amines is 1. The predicted molar refractivity (Wildman–Crippen MR) is 67.4 cm³/mol. The van der Waals surface area contributed by atoms with Crippen molar-refractivity contribution in [2.45, 2.75) is 18.9 Å². The van der Waals surface area contributed by atoms with E-state index in [1.165, 1.54) is 12.6 Å². The molecule has 0 aromatic carbocycles. The number of hydrogen-bond donors (Lipinski definition) is 2. The van der Waals surface area contributed by atoms with Crippen LogP contribution in [0.15, 0.2) is 12.4 Å². The quantitative estimate of drug-likeness (QED) is 0.761. The van der Waals surface area contributed by atoms with Gasteiger partial charge in [-0.15, -0.1) is 0 Å². The van der Waals surface area contributed by atoms with Crippen LogP contribution in [0.4, 0.5) is 0 Å². The van der Waals surface area contributed by atoms with Crippen LogP contribution in [0, 0.1) is 0 Å². The van der Waals surface area contributed by atoms with E-state index in [2.05, 4.69) is 20.4 Å². The molecule has 1 saturated heterocycles. The summed E-state index contributed by atoms with van der Waals surface area (Å²) in [7, 11) is 1.71. The second-order valence-electron chi connectivity index (χ2n) is 4.52. The van der Waals surface area contributed by atoms with Crippen LogP contribution in [0.3, 0.4) is 0 Å². The normalized spacial score (nSPS) is 20.2. The van der Waals surface area contributed by atoms with E-state index in [9.17, 15) is 4.79 Å². The Bertz CT molecular complexity index is 366. The predicted octanol–water partition coefficient (Wildman–Crippen LogP) is 0.250. The molecule has 100 valence electrons. The molecular formula is C12H20N4O2. The first-order chi connectivity index (χ1) is 8.81. The minimum Gasteiger partial charge on any atom is -0.383 e. The molecule has 1 fully saturated rings. The second-order valence-corrected chi connectivity index (χ2v) is 4.52. The number of methoxy groups -OCH3 is 1. The molecule has 2 rings (SSSR count). The van der Waals surface area contributed by atoms with Gasteiger partial charge in [0, 0.05) is 32.4 Å². The zero-order chi connectivity index (χ0) is 12.8. The third-order valence-corrected chi connectivity index (χ3v) is 3.34. The van der Waals surface area contributed by atoms with Crippen LogP contribution in [-0.4, -0.2) is 60.4 Å². The van der Waals surface area contributed by atoms with Crippen molar-refractivity contribution in [3.8, 4) is 0 Å². The summed E-state index contributed by atoms with van der Waals surface area (Å²) in [6.07, 6.45) is 5.46. The number of nitrogens with zero attached hydrogens (tertiary/aromatic N) is 2. The highest BCUT2D eigenvalue weighted by atomic mass is 16.5. The maximum absolute atomic E-state index is 11.8.